The first kappa shape index (κ1) is 20.6. The Morgan fingerprint density at radius 3 is 2.34 bits per heavy atom. The molecule has 29 heavy (non-hydrogen) atoms. The van der Waals surface area contributed by atoms with E-state index in [0.717, 1.165) is 11.3 Å². The van der Waals surface area contributed by atoms with Crippen LogP contribution >= 0.6 is 22.9 Å². The number of hydrogen-bond acceptors (Lipinski definition) is 4. The topological polar surface area (TPSA) is 87.3 Å². The molecule has 3 aromatic rings. The third-order valence-electron chi connectivity index (χ3n) is 3.95. The number of halogens is 1. The fourth-order valence-corrected chi connectivity index (χ4v) is 3.77. The average Bonchev–Trinajstić information content (AvgIpc) is 3.07. The van der Waals surface area contributed by atoms with Gasteiger partial charge in [-0.3, -0.25) is 14.4 Å². The number of nitrogens with one attached hydrogen (secondary N) is 3. The zero-order valence-electron chi connectivity index (χ0n) is 15.5. The predicted octanol–water partition coefficient (Wildman–Crippen LogP) is 4.33. The Kier molecular flexibility index (Phi) is 6.64. The van der Waals surface area contributed by atoms with Crippen molar-refractivity contribution in [1.29, 1.82) is 0 Å². The molecule has 0 aliphatic carbocycles. The van der Waals surface area contributed by atoms with Gasteiger partial charge in [-0.15, -0.1) is 11.3 Å². The summed E-state index contributed by atoms with van der Waals surface area (Å²) in [5.41, 5.74) is 1.71. The van der Waals surface area contributed by atoms with Crippen molar-refractivity contribution in [2.75, 3.05) is 17.2 Å². The molecule has 1 heterocycles. The van der Waals surface area contributed by atoms with Crippen LogP contribution in [0.3, 0.4) is 0 Å². The highest BCUT2D eigenvalue weighted by molar-refractivity contribution is 7.18. The molecule has 0 spiro atoms. The standard InChI is InChI=1S/C21H18ClN3O3S/c1-13-11-18(25-20(27)15-9-5-6-10-16(15)22)29-19(13)21(28)23-12-17(26)24-14-7-3-2-4-8-14/h2-11H,12H2,1H3,(H,23,28)(H,24,26)(H,25,27). The second kappa shape index (κ2) is 9.36. The van der Waals surface area contributed by atoms with Crippen molar-refractivity contribution in [3.05, 3.63) is 81.7 Å². The summed E-state index contributed by atoms with van der Waals surface area (Å²) in [5.74, 6) is -1.06. The van der Waals surface area contributed by atoms with Gasteiger partial charge in [0, 0.05) is 5.69 Å². The first-order valence-corrected chi connectivity index (χ1v) is 9.93. The summed E-state index contributed by atoms with van der Waals surface area (Å²) in [7, 11) is 0. The van der Waals surface area contributed by atoms with Crippen LogP contribution in [0.1, 0.15) is 25.6 Å². The number of aryl methyl sites for hydroxylation is 1. The van der Waals surface area contributed by atoms with Gasteiger partial charge in [0.1, 0.15) is 0 Å². The molecule has 0 bridgehead atoms. The second-order valence-corrected chi connectivity index (χ2v) is 7.61. The lowest BCUT2D eigenvalue weighted by molar-refractivity contribution is -0.115. The van der Waals surface area contributed by atoms with E-state index in [9.17, 15) is 14.4 Å². The number of thiophene rings is 1. The Hall–Kier alpha value is -3.16. The lowest BCUT2D eigenvalue weighted by Crippen LogP contribution is -2.32. The molecule has 0 aliphatic rings. The summed E-state index contributed by atoms with van der Waals surface area (Å²) in [4.78, 5) is 37.2. The van der Waals surface area contributed by atoms with E-state index in [0.29, 0.717) is 31.7 Å². The van der Waals surface area contributed by atoms with Crippen LogP contribution in [0.15, 0.2) is 60.7 Å². The lowest BCUT2D eigenvalue weighted by Gasteiger charge is -2.06. The summed E-state index contributed by atoms with van der Waals surface area (Å²) in [5, 5.41) is 8.91. The molecule has 1 aromatic heterocycles. The van der Waals surface area contributed by atoms with Crippen molar-refractivity contribution < 1.29 is 14.4 Å². The van der Waals surface area contributed by atoms with Gasteiger partial charge in [-0.2, -0.15) is 0 Å². The molecule has 148 valence electrons. The lowest BCUT2D eigenvalue weighted by atomic mass is 10.2. The number of carbonyl (C=O) groups excluding carboxylic acids is 3. The second-order valence-electron chi connectivity index (χ2n) is 6.15. The van der Waals surface area contributed by atoms with Crippen molar-refractivity contribution in [1.82, 2.24) is 5.32 Å². The van der Waals surface area contributed by atoms with Crippen molar-refractivity contribution in [2.24, 2.45) is 0 Å². The smallest absolute Gasteiger partial charge is 0.262 e. The fraction of sp³-hybridized carbons (Fsp3) is 0.0952. The van der Waals surface area contributed by atoms with E-state index >= 15 is 0 Å². The highest BCUT2D eigenvalue weighted by Crippen LogP contribution is 2.27. The minimum atomic E-state index is -0.381. The van der Waals surface area contributed by atoms with Gasteiger partial charge in [-0.25, -0.2) is 0 Å². The van der Waals surface area contributed by atoms with Crippen LogP contribution in [0.4, 0.5) is 10.7 Å². The highest BCUT2D eigenvalue weighted by atomic mass is 35.5. The van der Waals surface area contributed by atoms with Gasteiger partial charge in [0.2, 0.25) is 5.91 Å². The van der Waals surface area contributed by atoms with Gasteiger partial charge < -0.3 is 16.0 Å². The third-order valence-corrected chi connectivity index (χ3v) is 5.43. The molecule has 0 fully saturated rings. The van der Waals surface area contributed by atoms with E-state index < -0.39 is 0 Å². The number of para-hydroxylation sites is 1. The van der Waals surface area contributed by atoms with Crippen molar-refractivity contribution in [2.45, 2.75) is 6.92 Å². The van der Waals surface area contributed by atoms with Gasteiger partial charge >= 0.3 is 0 Å². The Morgan fingerprint density at radius 2 is 1.62 bits per heavy atom. The zero-order chi connectivity index (χ0) is 20.8. The van der Waals surface area contributed by atoms with Crippen LogP contribution in [0.5, 0.6) is 0 Å². The fourth-order valence-electron chi connectivity index (χ4n) is 2.56. The van der Waals surface area contributed by atoms with Crippen LogP contribution < -0.4 is 16.0 Å². The monoisotopic (exact) mass is 427 g/mol. The summed E-state index contributed by atoms with van der Waals surface area (Å²) in [6.07, 6.45) is 0. The molecule has 0 radical (unpaired) electrons. The largest absolute Gasteiger partial charge is 0.342 e. The van der Waals surface area contributed by atoms with Crippen LogP contribution in [-0.4, -0.2) is 24.3 Å². The Labute approximate surface area is 176 Å². The molecule has 3 rings (SSSR count). The van der Waals surface area contributed by atoms with Crippen molar-refractivity contribution in [3.63, 3.8) is 0 Å². The summed E-state index contributed by atoms with van der Waals surface area (Å²) in [6, 6.07) is 17.4. The molecule has 8 heteroatoms. The first-order valence-electron chi connectivity index (χ1n) is 8.73. The van der Waals surface area contributed by atoms with Gasteiger partial charge in [0.15, 0.2) is 0 Å². The predicted molar refractivity (Wildman–Crippen MR) is 116 cm³/mol. The molecule has 6 nitrogen and oxygen atoms in total. The molecule has 0 unspecified atom stereocenters. The van der Waals surface area contributed by atoms with Crippen LogP contribution in [-0.2, 0) is 4.79 Å². The van der Waals surface area contributed by atoms with E-state index in [4.69, 9.17) is 11.6 Å². The molecule has 0 atom stereocenters. The third kappa shape index (κ3) is 5.43. The maximum Gasteiger partial charge on any atom is 0.262 e. The zero-order valence-corrected chi connectivity index (χ0v) is 17.1. The van der Waals surface area contributed by atoms with Gasteiger partial charge in [-0.1, -0.05) is 41.9 Å². The van der Waals surface area contributed by atoms with Crippen LogP contribution in [0.2, 0.25) is 5.02 Å². The minimum absolute atomic E-state index is 0.160. The number of carbonyl (C=O) groups is 3. The molecule has 3 N–H and O–H groups in total. The Balaban J connectivity index is 1.59. The van der Waals surface area contributed by atoms with Gasteiger partial charge in [0.25, 0.3) is 11.8 Å². The molecule has 3 amide bonds. The SMILES string of the molecule is Cc1cc(NC(=O)c2ccccc2Cl)sc1C(=O)NCC(=O)Nc1ccccc1. The van der Waals surface area contributed by atoms with Gasteiger partial charge in [-0.05, 0) is 42.8 Å². The first-order chi connectivity index (χ1) is 13.9. The number of rotatable bonds is 6. The summed E-state index contributed by atoms with van der Waals surface area (Å²) in [6.45, 7) is 1.60. The van der Waals surface area contributed by atoms with E-state index in [1.807, 2.05) is 18.2 Å². The summed E-state index contributed by atoms with van der Waals surface area (Å²) < 4.78 is 0. The van der Waals surface area contributed by atoms with Crippen LogP contribution in [0.25, 0.3) is 0 Å². The number of hydrogen-bond donors (Lipinski definition) is 3. The van der Waals surface area contributed by atoms with Gasteiger partial charge in [0.05, 0.1) is 27.0 Å². The molecular weight excluding hydrogens is 410 g/mol. The molecule has 0 saturated carbocycles. The summed E-state index contributed by atoms with van der Waals surface area (Å²) >= 11 is 7.18. The molecule has 0 aliphatic heterocycles. The van der Waals surface area contributed by atoms with Crippen molar-refractivity contribution in [3.8, 4) is 0 Å². The molecule has 0 saturated heterocycles. The van der Waals surface area contributed by atoms with Crippen LogP contribution in [0, 0.1) is 6.92 Å². The van der Waals surface area contributed by atoms with E-state index in [1.165, 1.54) is 0 Å². The number of anilines is 2. The maximum absolute atomic E-state index is 12.4. The van der Waals surface area contributed by atoms with E-state index in [2.05, 4.69) is 16.0 Å². The highest BCUT2D eigenvalue weighted by Gasteiger charge is 2.17. The number of benzene rings is 2. The van der Waals surface area contributed by atoms with Crippen molar-refractivity contribution >= 4 is 51.3 Å². The molecular formula is C21H18ClN3O3S. The van der Waals surface area contributed by atoms with E-state index in [1.54, 1.807) is 49.4 Å². The Morgan fingerprint density at radius 1 is 0.931 bits per heavy atom. The quantitative estimate of drug-likeness (QED) is 0.547. The number of amides is 3. The van der Waals surface area contributed by atoms with E-state index in [-0.39, 0.29) is 24.3 Å². The average molecular weight is 428 g/mol. The molecule has 2 aromatic carbocycles. The maximum atomic E-state index is 12.4. The minimum Gasteiger partial charge on any atom is -0.342 e. The normalized spacial score (nSPS) is 10.3. The Bertz CT molecular complexity index is 1050.